The third-order valence-corrected chi connectivity index (χ3v) is 7.31. The maximum absolute atomic E-state index is 14.3. The number of carbonyl (C=O) groups is 1. The highest BCUT2D eigenvalue weighted by Gasteiger charge is 2.28. The Hall–Kier alpha value is -2.30. The number of hydrogen-bond acceptors (Lipinski definition) is 5. The van der Waals surface area contributed by atoms with Crippen molar-refractivity contribution >= 4 is 56.7 Å². The summed E-state index contributed by atoms with van der Waals surface area (Å²) in [4.78, 5) is 13.1. The van der Waals surface area contributed by atoms with E-state index in [9.17, 15) is 17.6 Å². The zero-order chi connectivity index (χ0) is 22.4. The second kappa shape index (κ2) is 10.3. The summed E-state index contributed by atoms with van der Waals surface area (Å²) in [6.45, 7) is -1.05. The molecule has 0 atom stereocenters. The van der Waals surface area contributed by atoms with Crippen LogP contribution in [0.25, 0.3) is 0 Å². The first-order valence-electron chi connectivity index (χ1n) is 8.81. The van der Waals surface area contributed by atoms with Gasteiger partial charge in [-0.1, -0.05) is 35.3 Å². The Balaban J connectivity index is 1.86. The normalized spacial score (nSPS) is 11.9. The Morgan fingerprint density at radius 1 is 1.13 bits per heavy atom. The molecule has 162 valence electrons. The molecule has 0 bridgehead atoms. The SMILES string of the molecule is O=C(CN(Cc1c(F)cccc1Cl)S(=O)(=O)c1ccc(Cl)cc1)NN=Cc1cccs1. The third kappa shape index (κ3) is 6.11. The van der Waals surface area contributed by atoms with E-state index in [1.165, 1.54) is 60.0 Å². The topological polar surface area (TPSA) is 78.8 Å². The van der Waals surface area contributed by atoms with Crippen LogP contribution in [0.15, 0.2) is 70.0 Å². The zero-order valence-corrected chi connectivity index (χ0v) is 19.0. The minimum absolute atomic E-state index is 0.0448. The molecule has 6 nitrogen and oxygen atoms in total. The van der Waals surface area contributed by atoms with Crippen molar-refractivity contribution in [3.8, 4) is 0 Å². The molecule has 1 aromatic heterocycles. The molecule has 3 rings (SSSR count). The molecule has 1 heterocycles. The molecular weight excluding hydrogens is 484 g/mol. The van der Waals surface area contributed by atoms with Gasteiger partial charge in [0.15, 0.2) is 0 Å². The van der Waals surface area contributed by atoms with Crippen LogP contribution in [-0.4, -0.2) is 31.4 Å². The lowest BCUT2D eigenvalue weighted by molar-refractivity contribution is -0.121. The van der Waals surface area contributed by atoms with Crippen LogP contribution in [0.1, 0.15) is 10.4 Å². The molecule has 11 heteroatoms. The second-order valence-corrected chi connectivity index (χ2v) is 10.00. The van der Waals surface area contributed by atoms with E-state index in [0.29, 0.717) is 5.02 Å². The lowest BCUT2D eigenvalue weighted by atomic mass is 10.2. The third-order valence-electron chi connectivity index (χ3n) is 4.09. The number of nitrogens with one attached hydrogen (secondary N) is 1. The van der Waals surface area contributed by atoms with Crippen LogP contribution < -0.4 is 5.43 Å². The number of thiophene rings is 1. The van der Waals surface area contributed by atoms with E-state index in [0.717, 1.165) is 9.18 Å². The van der Waals surface area contributed by atoms with Crippen LogP contribution in [0.3, 0.4) is 0 Å². The molecule has 1 amide bonds. The van der Waals surface area contributed by atoms with Gasteiger partial charge in [0.25, 0.3) is 5.91 Å². The number of halogens is 3. The first-order chi connectivity index (χ1) is 14.8. The van der Waals surface area contributed by atoms with Gasteiger partial charge in [0.05, 0.1) is 17.7 Å². The predicted molar refractivity (Wildman–Crippen MR) is 121 cm³/mol. The van der Waals surface area contributed by atoms with Crippen LogP contribution in [0.4, 0.5) is 4.39 Å². The lowest BCUT2D eigenvalue weighted by Gasteiger charge is -2.22. The number of rotatable bonds is 8. The van der Waals surface area contributed by atoms with E-state index >= 15 is 0 Å². The maximum Gasteiger partial charge on any atom is 0.255 e. The van der Waals surface area contributed by atoms with Crippen molar-refractivity contribution in [3.05, 3.63) is 86.3 Å². The summed E-state index contributed by atoms with van der Waals surface area (Å²) in [5.41, 5.74) is 2.24. The summed E-state index contributed by atoms with van der Waals surface area (Å²) in [5.74, 6) is -1.38. The average molecular weight is 500 g/mol. The summed E-state index contributed by atoms with van der Waals surface area (Å²) in [7, 11) is -4.17. The van der Waals surface area contributed by atoms with Crippen LogP contribution in [0.5, 0.6) is 0 Å². The molecule has 2 aromatic carbocycles. The standard InChI is InChI=1S/C20H16Cl2FN3O3S2/c21-14-6-8-16(9-7-14)31(28,29)26(12-17-18(22)4-1-5-19(17)23)13-20(27)25-24-11-15-3-2-10-30-15/h1-11H,12-13H2,(H,25,27). The number of benzene rings is 2. The van der Waals surface area contributed by atoms with Gasteiger partial charge >= 0.3 is 0 Å². The molecule has 0 aliphatic heterocycles. The zero-order valence-electron chi connectivity index (χ0n) is 15.8. The molecule has 0 saturated carbocycles. The fraction of sp³-hybridized carbons (Fsp3) is 0.100. The molecule has 31 heavy (non-hydrogen) atoms. The Morgan fingerprint density at radius 3 is 2.52 bits per heavy atom. The number of amides is 1. The van der Waals surface area contributed by atoms with Gasteiger partial charge in [0.1, 0.15) is 5.82 Å². The van der Waals surface area contributed by atoms with Crippen molar-refractivity contribution in [2.24, 2.45) is 5.10 Å². The molecule has 0 unspecified atom stereocenters. The Morgan fingerprint density at radius 2 is 1.87 bits per heavy atom. The molecule has 0 radical (unpaired) electrons. The summed E-state index contributed by atoms with van der Waals surface area (Å²) in [6.07, 6.45) is 1.44. The number of nitrogens with zero attached hydrogens (tertiary/aromatic N) is 2. The minimum atomic E-state index is -4.17. The fourth-order valence-corrected chi connectivity index (χ4v) is 4.87. The van der Waals surface area contributed by atoms with Gasteiger partial charge in [0.2, 0.25) is 10.0 Å². The largest absolute Gasteiger partial charge is 0.272 e. The van der Waals surface area contributed by atoms with Gasteiger partial charge in [-0.05, 0) is 47.8 Å². The maximum atomic E-state index is 14.3. The van der Waals surface area contributed by atoms with Crippen molar-refractivity contribution in [1.29, 1.82) is 0 Å². The Bertz CT molecular complexity index is 1160. The molecule has 0 saturated heterocycles. The first kappa shape index (κ1) is 23.4. The monoisotopic (exact) mass is 499 g/mol. The van der Waals surface area contributed by atoms with Gasteiger partial charge in [-0.25, -0.2) is 18.2 Å². The highest BCUT2D eigenvalue weighted by Crippen LogP contribution is 2.25. The van der Waals surface area contributed by atoms with Gasteiger partial charge in [-0.3, -0.25) is 4.79 Å². The van der Waals surface area contributed by atoms with E-state index in [1.54, 1.807) is 6.07 Å². The number of sulfonamides is 1. The molecule has 3 aromatic rings. The summed E-state index contributed by atoms with van der Waals surface area (Å²) < 4.78 is 41.5. The van der Waals surface area contributed by atoms with Crippen molar-refractivity contribution in [3.63, 3.8) is 0 Å². The quantitative estimate of drug-likeness (QED) is 0.365. The molecule has 0 aliphatic carbocycles. The highest BCUT2D eigenvalue weighted by atomic mass is 35.5. The van der Waals surface area contributed by atoms with Crippen molar-refractivity contribution in [1.82, 2.24) is 9.73 Å². The van der Waals surface area contributed by atoms with E-state index in [1.807, 2.05) is 11.4 Å². The van der Waals surface area contributed by atoms with Crippen LogP contribution in [0, 0.1) is 5.82 Å². The highest BCUT2D eigenvalue weighted by molar-refractivity contribution is 7.89. The van der Waals surface area contributed by atoms with Crippen LogP contribution in [-0.2, 0) is 21.4 Å². The van der Waals surface area contributed by atoms with Crippen molar-refractivity contribution in [2.75, 3.05) is 6.54 Å². The van der Waals surface area contributed by atoms with Gasteiger partial charge in [-0.15, -0.1) is 11.3 Å². The average Bonchev–Trinajstić information content (AvgIpc) is 3.24. The summed E-state index contributed by atoms with van der Waals surface area (Å²) >= 11 is 13.3. The van der Waals surface area contributed by atoms with Gasteiger partial charge in [-0.2, -0.15) is 9.41 Å². The lowest BCUT2D eigenvalue weighted by Crippen LogP contribution is -2.39. The molecule has 0 aliphatic rings. The molecule has 1 N–H and O–H groups in total. The van der Waals surface area contributed by atoms with E-state index < -0.39 is 34.8 Å². The van der Waals surface area contributed by atoms with Gasteiger partial charge < -0.3 is 0 Å². The smallest absolute Gasteiger partial charge is 0.255 e. The predicted octanol–water partition coefficient (Wildman–Crippen LogP) is 4.54. The Labute approximate surface area is 193 Å². The van der Waals surface area contributed by atoms with Crippen molar-refractivity contribution in [2.45, 2.75) is 11.4 Å². The number of hydrazone groups is 1. The molecule has 0 spiro atoms. The van der Waals surface area contributed by atoms with E-state index in [2.05, 4.69) is 10.5 Å². The Kier molecular flexibility index (Phi) is 7.79. The second-order valence-electron chi connectivity index (χ2n) is 6.24. The summed E-state index contributed by atoms with van der Waals surface area (Å²) in [5, 5.41) is 6.07. The van der Waals surface area contributed by atoms with E-state index in [4.69, 9.17) is 23.2 Å². The molecular formula is C20H16Cl2FN3O3S2. The van der Waals surface area contributed by atoms with Crippen molar-refractivity contribution < 1.29 is 17.6 Å². The first-order valence-corrected chi connectivity index (χ1v) is 11.9. The van der Waals surface area contributed by atoms with Gasteiger partial charge in [0, 0.05) is 27.0 Å². The van der Waals surface area contributed by atoms with Crippen LogP contribution in [0.2, 0.25) is 10.0 Å². The fourth-order valence-electron chi connectivity index (χ4n) is 2.57. The van der Waals surface area contributed by atoms with Crippen LogP contribution >= 0.6 is 34.5 Å². The minimum Gasteiger partial charge on any atom is -0.272 e. The molecule has 0 fully saturated rings. The number of carbonyl (C=O) groups excluding carboxylic acids is 1. The number of hydrogen-bond donors (Lipinski definition) is 1. The summed E-state index contributed by atoms with van der Waals surface area (Å²) in [6, 6.07) is 13.1. The van der Waals surface area contributed by atoms with E-state index in [-0.39, 0.29) is 15.5 Å².